The highest BCUT2D eigenvalue weighted by Crippen LogP contribution is 2.10. The highest BCUT2D eigenvalue weighted by atomic mass is 19.1. The number of hydrogen-bond acceptors (Lipinski definition) is 2. The second-order valence-corrected chi connectivity index (χ2v) is 5.00. The molecule has 0 aromatic heterocycles. The van der Waals surface area contributed by atoms with Crippen LogP contribution in [0.5, 0.6) is 0 Å². The molecule has 21 heavy (non-hydrogen) atoms. The first-order valence-electron chi connectivity index (χ1n) is 6.92. The van der Waals surface area contributed by atoms with Gasteiger partial charge in [0, 0.05) is 12.1 Å². The van der Waals surface area contributed by atoms with Gasteiger partial charge in [-0.25, -0.2) is 4.39 Å². The van der Waals surface area contributed by atoms with Gasteiger partial charge in [0.05, 0.1) is 0 Å². The average Bonchev–Trinajstić information content (AvgIpc) is 2.49. The largest absolute Gasteiger partial charge is 0.348 e. The number of benzene rings is 2. The second kappa shape index (κ2) is 6.99. The third-order valence-electron chi connectivity index (χ3n) is 3.33. The van der Waals surface area contributed by atoms with Crippen molar-refractivity contribution in [3.05, 3.63) is 70.5 Å². The molecule has 0 atom stereocenters. The van der Waals surface area contributed by atoms with Crippen molar-refractivity contribution in [2.45, 2.75) is 19.9 Å². The zero-order valence-corrected chi connectivity index (χ0v) is 12.0. The van der Waals surface area contributed by atoms with E-state index >= 15 is 0 Å². The van der Waals surface area contributed by atoms with Crippen LogP contribution in [0.2, 0.25) is 0 Å². The number of carbonyl (C=O) groups is 1. The first kappa shape index (κ1) is 15.2. The third kappa shape index (κ3) is 4.13. The van der Waals surface area contributed by atoms with E-state index in [9.17, 15) is 9.18 Å². The molecule has 110 valence electrons. The summed E-state index contributed by atoms with van der Waals surface area (Å²) in [7, 11) is 0. The Labute approximate surface area is 124 Å². The van der Waals surface area contributed by atoms with E-state index in [0.717, 1.165) is 12.0 Å². The smallest absolute Gasteiger partial charge is 0.251 e. The van der Waals surface area contributed by atoms with Gasteiger partial charge in [0.1, 0.15) is 5.82 Å². The first-order chi connectivity index (χ1) is 10.1. The van der Waals surface area contributed by atoms with Crippen molar-refractivity contribution >= 4 is 5.91 Å². The molecule has 0 aliphatic heterocycles. The second-order valence-electron chi connectivity index (χ2n) is 5.00. The normalized spacial score (nSPS) is 10.4. The van der Waals surface area contributed by atoms with Crippen molar-refractivity contribution in [3.63, 3.8) is 0 Å². The predicted molar refractivity (Wildman–Crippen MR) is 81.5 cm³/mol. The summed E-state index contributed by atoms with van der Waals surface area (Å²) < 4.78 is 13.2. The van der Waals surface area contributed by atoms with Crippen molar-refractivity contribution in [3.8, 4) is 0 Å². The summed E-state index contributed by atoms with van der Waals surface area (Å²) in [5, 5.41) is 2.83. The maximum atomic E-state index is 13.2. The van der Waals surface area contributed by atoms with E-state index in [2.05, 4.69) is 5.32 Å². The number of halogens is 1. The van der Waals surface area contributed by atoms with Crippen LogP contribution >= 0.6 is 0 Å². The molecular weight excluding hydrogens is 267 g/mol. The highest BCUT2D eigenvalue weighted by molar-refractivity contribution is 5.94. The molecule has 3 N–H and O–H groups in total. The van der Waals surface area contributed by atoms with Crippen LogP contribution in [0.15, 0.2) is 42.5 Å². The fourth-order valence-electron chi connectivity index (χ4n) is 2.06. The van der Waals surface area contributed by atoms with Crippen LogP contribution in [0.25, 0.3) is 0 Å². The molecular formula is C17H19FN2O. The summed E-state index contributed by atoms with van der Waals surface area (Å²) in [5.74, 6) is -0.508. The lowest BCUT2D eigenvalue weighted by atomic mass is 10.1. The Morgan fingerprint density at radius 1 is 1.14 bits per heavy atom. The lowest BCUT2D eigenvalue weighted by Crippen LogP contribution is -2.22. The van der Waals surface area contributed by atoms with Crippen molar-refractivity contribution in [2.75, 3.05) is 6.54 Å². The predicted octanol–water partition coefficient (Wildman–Crippen LogP) is 2.57. The third-order valence-corrected chi connectivity index (χ3v) is 3.33. The molecule has 0 spiro atoms. The van der Waals surface area contributed by atoms with Crippen molar-refractivity contribution in [2.24, 2.45) is 5.73 Å². The molecule has 0 saturated carbocycles. The Morgan fingerprint density at radius 3 is 2.43 bits per heavy atom. The Bertz CT molecular complexity index is 623. The lowest BCUT2D eigenvalue weighted by Gasteiger charge is -2.07. The average molecular weight is 286 g/mol. The minimum absolute atomic E-state index is 0.205. The van der Waals surface area contributed by atoms with Crippen LogP contribution in [0.1, 0.15) is 27.0 Å². The van der Waals surface area contributed by atoms with Crippen LogP contribution in [-0.2, 0) is 13.0 Å². The molecule has 4 heteroatoms. The van der Waals surface area contributed by atoms with Gasteiger partial charge in [-0.15, -0.1) is 0 Å². The Morgan fingerprint density at radius 2 is 1.81 bits per heavy atom. The molecule has 0 saturated heterocycles. The molecule has 0 unspecified atom stereocenters. The number of nitrogens with one attached hydrogen (secondary N) is 1. The molecule has 3 nitrogen and oxygen atoms in total. The molecule has 2 aromatic carbocycles. The van der Waals surface area contributed by atoms with Gasteiger partial charge >= 0.3 is 0 Å². The summed E-state index contributed by atoms with van der Waals surface area (Å²) in [4.78, 5) is 12.0. The van der Waals surface area contributed by atoms with Gasteiger partial charge in [-0.1, -0.05) is 24.3 Å². The summed E-state index contributed by atoms with van der Waals surface area (Å²) in [6, 6.07) is 12.3. The molecule has 0 radical (unpaired) electrons. The van der Waals surface area contributed by atoms with E-state index < -0.39 is 0 Å². The van der Waals surface area contributed by atoms with Gasteiger partial charge in [-0.3, -0.25) is 4.79 Å². The first-order valence-corrected chi connectivity index (χ1v) is 6.92. The van der Waals surface area contributed by atoms with E-state index in [4.69, 9.17) is 5.73 Å². The van der Waals surface area contributed by atoms with Gasteiger partial charge in [0.25, 0.3) is 5.91 Å². The number of aryl methyl sites for hydroxylation is 1. The SMILES string of the molecule is Cc1cc(C(=O)NCc2ccc(CCN)cc2)ccc1F. The van der Waals surface area contributed by atoms with Gasteiger partial charge in [-0.2, -0.15) is 0 Å². The molecule has 0 aliphatic rings. The number of carbonyl (C=O) groups excluding carboxylic acids is 1. The number of hydrogen-bond donors (Lipinski definition) is 2. The Kier molecular flexibility index (Phi) is 5.06. The van der Waals surface area contributed by atoms with Crippen molar-refractivity contribution in [1.29, 1.82) is 0 Å². The van der Waals surface area contributed by atoms with Crippen LogP contribution in [0.3, 0.4) is 0 Å². The van der Waals surface area contributed by atoms with E-state index in [1.807, 2.05) is 24.3 Å². The number of nitrogens with two attached hydrogens (primary N) is 1. The minimum Gasteiger partial charge on any atom is -0.348 e. The van der Waals surface area contributed by atoms with Gasteiger partial charge in [-0.05, 0) is 54.8 Å². The topological polar surface area (TPSA) is 55.1 Å². The van der Waals surface area contributed by atoms with E-state index in [0.29, 0.717) is 24.2 Å². The molecule has 0 heterocycles. The maximum absolute atomic E-state index is 13.2. The molecule has 2 rings (SSSR count). The summed E-state index contributed by atoms with van der Waals surface area (Å²) >= 11 is 0. The van der Waals surface area contributed by atoms with Crippen LogP contribution in [0.4, 0.5) is 4.39 Å². The fraction of sp³-hybridized carbons (Fsp3) is 0.235. The quantitative estimate of drug-likeness (QED) is 0.887. The van der Waals surface area contributed by atoms with Crippen LogP contribution in [0, 0.1) is 12.7 Å². The summed E-state index contributed by atoms with van der Waals surface area (Å²) in [5.41, 5.74) is 8.63. The van der Waals surface area contributed by atoms with Crippen LogP contribution < -0.4 is 11.1 Å². The van der Waals surface area contributed by atoms with E-state index in [1.54, 1.807) is 13.0 Å². The van der Waals surface area contributed by atoms with Gasteiger partial charge < -0.3 is 11.1 Å². The zero-order chi connectivity index (χ0) is 15.2. The maximum Gasteiger partial charge on any atom is 0.251 e. The summed E-state index contributed by atoms with van der Waals surface area (Å²) in [6.45, 7) is 2.71. The van der Waals surface area contributed by atoms with E-state index in [-0.39, 0.29) is 11.7 Å². The standard InChI is InChI=1S/C17H19FN2O/c1-12-10-15(6-7-16(12)18)17(21)20-11-14-4-2-13(3-5-14)8-9-19/h2-7,10H,8-9,11,19H2,1H3,(H,20,21). The van der Waals surface area contributed by atoms with Crippen molar-refractivity contribution < 1.29 is 9.18 Å². The molecule has 1 amide bonds. The van der Waals surface area contributed by atoms with Gasteiger partial charge in [0.2, 0.25) is 0 Å². The lowest BCUT2D eigenvalue weighted by molar-refractivity contribution is 0.0951. The minimum atomic E-state index is -0.304. The van der Waals surface area contributed by atoms with E-state index in [1.165, 1.54) is 17.7 Å². The Hall–Kier alpha value is -2.20. The van der Waals surface area contributed by atoms with Crippen LogP contribution in [-0.4, -0.2) is 12.5 Å². The van der Waals surface area contributed by atoms with Crippen molar-refractivity contribution in [1.82, 2.24) is 5.32 Å². The number of rotatable bonds is 5. The summed E-state index contributed by atoms with van der Waals surface area (Å²) in [6.07, 6.45) is 0.849. The highest BCUT2D eigenvalue weighted by Gasteiger charge is 2.07. The Balaban J connectivity index is 1.95. The molecule has 0 bridgehead atoms. The fourth-order valence-corrected chi connectivity index (χ4v) is 2.06. The molecule has 2 aromatic rings. The molecule has 0 fully saturated rings. The monoisotopic (exact) mass is 286 g/mol. The molecule has 0 aliphatic carbocycles. The zero-order valence-electron chi connectivity index (χ0n) is 12.0. The number of amides is 1. The van der Waals surface area contributed by atoms with Gasteiger partial charge in [0.15, 0.2) is 0 Å².